The molecule has 0 radical (unpaired) electrons. The number of ether oxygens (including phenoxy) is 1. The summed E-state index contributed by atoms with van der Waals surface area (Å²) in [5, 5.41) is 11.2. The zero-order valence-corrected chi connectivity index (χ0v) is 22.5. The zero-order chi connectivity index (χ0) is 29.6. The number of carbonyl (C=O) groups excluding carboxylic acids is 4. The Kier molecular flexibility index (Phi) is 9.88. The molecule has 11 nitrogen and oxygen atoms in total. The number of rotatable bonds is 10. The molecule has 1 saturated heterocycles. The van der Waals surface area contributed by atoms with E-state index in [1.807, 2.05) is 6.07 Å². The average Bonchev–Trinajstić information content (AvgIpc) is 3.59. The predicted octanol–water partition coefficient (Wildman–Crippen LogP) is 3.35. The first-order valence-corrected chi connectivity index (χ1v) is 12.8. The maximum atomic E-state index is 13.5. The van der Waals surface area contributed by atoms with E-state index in [0.29, 0.717) is 12.8 Å². The van der Waals surface area contributed by atoms with Crippen LogP contribution in [0.25, 0.3) is 0 Å². The van der Waals surface area contributed by atoms with E-state index in [1.165, 1.54) is 4.90 Å². The van der Waals surface area contributed by atoms with Crippen LogP contribution >= 0.6 is 0 Å². The van der Waals surface area contributed by atoms with Crippen LogP contribution in [-0.2, 0) is 27.1 Å². The van der Waals surface area contributed by atoms with E-state index in [0.717, 1.165) is 5.56 Å². The van der Waals surface area contributed by atoms with Crippen molar-refractivity contribution in [2.24, 2.45) is 11.8 Å². The molecule has 1 aromatic carbocycles. The normalized spacial score (nSPS) is 17.0. The number of nitrogens with zero attached hydrogens (tertiary/aromatic N) is 3. The minimum atomic E-state index is -4.93. The molecule has 2 N–H and O–H groups in total. The third-order valence-electron chi connectivity index (χ3n) is 6.38. The Bertz CT molecular complexity index is 1200. The van der Waals surface area contributed by atoms with Crippen molar-refractivity contribution < 1.29 is 41.5 Å². The van der Waals surface area contributed by atoms with E-state index in [2.05, 4.69) is 25.2 Å². The molecule has 1 fully saturated rings. The maximum Gasteiger partial charge on any atom is 0.470 e. The molecule has 0 spiro atoms. The molecule has 1 aromatic heterocycles. The number of carbonyl (C=O) groups is 4. The van der Waals surface area contributed by atoms with Crippen LogP contribution in [0.3, 0.4) is 0 Å². The molecule has 3 rings (SSSR count). The number of hydrogen-bond donors (Lipinski definition) is 2. The second kappa shape index (κ2) is 12.9. The van der Waals surface area contributed by atoms with Crippen molar-refractivity contribution in [2.75, 3.05) is 6.54 Å². The molecule has 2 heterocycles. The van der Waals surface area contributed by atoms with Crippen LogP contribution in [0.4, 0.5) is 18.0 Å². The Hall–Kier alpha value is -3.97. The van der Waals surface area contributed by atoms with Crippen LogP contribution in [0.1, 0.15) is 62.7 Å². The van der Waals surface area contributed by atoms with Crippen molar-refractivity contribution >= 4 is 23.7 Å². The third kappa shape index (κ3) is 7.57. The first-order valence-electron chi connectivity index (χ1n) is 12.8. The molecule has 218 valence electrons. The Morgan fingerprint density at radius 2 is 1.68 bits per heavy atom. The fourth-order valence-corrected chi connectivity index (χ4v) is 4.24. The van der Waals surface area contributed by atoms with Crippen LogP contribution in [0.5, 0.6) is 0 Å². The van der Waals surface area contributed by atoms with E-state index in [1.54, 1.807) is 52.0 Å². The van der Waals surface area contributed by atoms with Gasteiger partial charge in [-0.1, -0.05) is 58.0 Å². The number of Topliss-reactive ketones (excluding diaryl/α,β-unsaturated/α-hetero) is 1. The van der Waals surface area contributed by atoms with Gasteiger partial charge in [0.05, 0.1) is 6.04 Å². The van der Waals surface area contributed by atoms with Crippen molar-refractivity contribution in [1.82, 2.24) is 25.7 Å². The first kappa shape index (κ1) is 30.6. The number of alkyl carbamates (subject to hydrolysis) is 1. The SMILES string of the molecule is CC(C)[C@H](NC(=O)OCc1ccccc1)C(=O)N1CCC[C@H]1C(=O)N[C@@H](C(=O)c1nnc(C(F)(F)F)o1)C(C)C. The minimum Gasteiger partial charge on any atom is -0.445 e. The van der Waals surface area contributed by atoms with E-state index in [-0.39, 0.29) is 19.1 Å². The minimum absolute atomic E-state index is 0.00948. The van der Waals surface area contributed by atoms with Crippen LogP contribution in [0.2, 0.25) is 0 Å². The van der Waals surface area contributed by atoms with Gasteiger partial charge in [-0.05, 0) is 30.2 Å². The highest BCUT2D eigenvalue weighted by atomic mass is 19.4. The summed E-state index contributed by atoms with van der Waals surface area (Å²) in [5.41, 5.74) is 0.769. The smallest absolute Gasteiger partial charge is 0.445 e. The van der Waals surface area contributed by atoms with Gasteiger partial charge in [-0.25, -0.2) is 4.79 Å². The topological polar surface area (TPSA) is 144 Å². The number of likely N-dealkylation sites (tertiary alicyclic amines) is 1. The van der Waals surface area contributed by atoms with Crippen molar-refractivity contribution in [3.63, 3.8) is 0 Å². The molecule has 3 amide bonds. The molecule has 0 bridgehead atoms. The van der Waals surface area contributed by atoms with Gasteiger partial charge >= 0.3 is 18.2 Å². The quantitative estimate of drug-likeness (QED) is 0.416. The number of ketones is 1. The molecule has 3 atom stereocenters. The Morgan fingerprint density at radius 1 is 1.02 bits per heavy atom. The van der Waals surface area contributed by atoms with Gasteiger partial charge < -0.3 is 24.7 Å². The Morgan fingerprint density at radius 3 is 2.25 bits per heavy atom. The lowest BCUT2D eigenvalue weighted by Crippen LogP contribution is -2.57. The van der Waals surface area contributed by atoms with E-state index in [4.69, 9.17) is 4.74 Å². The van der Waals surface area contributed by atoms with Gasteiger partial charge in [0, 0.05) is 6.54 Å². The lowest BCUT2D eigenvalue weighted by molar-refractivity contribution is -0.157. The number of aromatic nitrogens is 2. The molecule has 1 aliphatic heterocycles. The first-order chi connectivity index (χ1) is 18.8. The number of hydrogen-bond acceptors (Lipinski definition) is 8. The van der Waals surface area contributed by atoms with Crippen molar-refractivity contribution in [3.05, 3.63) is 47.7 Å². The maximum absolute atomic E-state index is 13.5. The summed E-state index contributed by atoms with van der Waals surface area (Å²) in [5.74, 6) is -5.59. The molecule has 40 heavy (non-hydrogen) atoms. The van der Waals surface area contributed by atoms with E-state index in [9.17, 15) is 32.3 Å². The molecular formula is C26H32F3N5O6. The van der Waals surface area contributed by atoms with Gasteiger partial charge in [0.2, 0.25) is 17.6 Å². The van der Waals surface area contributed by atoms with Crippen molar-refractivity contribution in [1.29, 1.82) is 0 Å². The van der Waals surface area contributed by atoms with E-state index >= 15 is 0 Å². The average molecular weight is 568 g/mol. The van der Waals surface area contributed by atoms with Crippen LogP contribution in [-0.4, -0.2) is 63.5 Å². The number of nitrogens with one attached hydrogen (secondary N) is 2. The molecule has 0 aliphatic carbocycles. The highest BCUT2D eigenvalue weighted by Crippen LogP contribution is 2.28. The highest BCUT2D eigenvalue weighted by molar-refractivity contribution is 6.00. The fraction of sp³-hybridized carbons (Fsp3) is 0.538. The molecular weight excluding hydrogens is 535 g/mol. The summed E-state index contributed by atoms with van der Waals surface area (Å²) in [7, 11) is 0. The number of alkyl halides is 3. The van der Waals surface area contributed by atoms with Gasteiger partial charge in [-0.15, -0.1) is 10.2 Å². The molecule has 0 saturated carbocycles. The Balaban J connectivity index is 1.67. The summed E-state index contributed by atoms with van der Waals surface area (Å²) in [6, 6.07) is 5.77. The van der Waals surface area contributed by atoms with Gasteiger partial charge in [-0.2, -0.15) is 13.2 Å². The summed E-state index contributed by atoms with van der Waals surface area (Å²) >= 11 is 0. The van der Waals surface area contributed by atoms with E-state index < -0.39 is 65.7 Å². The predicted molar refractivity (Wildman–Crippen MR) is 134 cm³/mol. The molecule has 2 aromatic rings. The lowest BCUT2D eigenvalue weighted by atomic mass is 9.98. The summed E-state index contributed by atoms with van der Waals surface area (Å²) in [6.45, 7) is 6.88. The largest absolute Gasteiger partial charge is 0.470 e. The van der Waals surface area contributed by atoms with Crippen LogP contribution in [0.15, 0.2) is 34.7 Å². The highest BCUT2D eigenvalue weighted by Gasteiger charge is 2.42. The fourth-order valence-electron chi connectivity index (χ4n) is 4.24. The van der Waals surface area contributed by atoms with Gasteiger partial charge in [-0.3, -0.25) is 14.4 Å². The summed E-state index contributed by atoms with van der Waals surface area (Å²) in [6.07, 6.45) is -4.94. The lowest BCUT2D eigenvalue weighted by Gasteiger charge is -2.31. The summed E-state index contributed by atoms with van der Waals surface area (Å²) in [4.78, 5) is 53.3. The van der Waals surface area contributed by atoms with Crippen LogP contribution in [0, 0.1) is 11.8 Å². The summed E-state index contributed by atoms with van der Waals surface area (Å²) < 4.78 is 48.2. The number of halogens is 3. The van der Waals surface area contributed by atoms with Gasteiger partial charge in [0.1, 0.15) is 18.7 Å². The standard InChI is InChI=1S/C26H32F3N5O6/c1-14(2)18(20(35)22-32-33-24(40-22)26(27,28)29)30-21(36)17-11-8-12-34(17)23(37)19(15(3)4)31-25(38)39-13-16-9-6-5-7-10-16/h5-7,9-10,14-15,17-19H,8,11-13H2,1-4H3,(H,30,36)(H,31,38)/t17-,18+,19-/m0/s1. The number of amides is 3. The Labute approximate surface area is 228 Å². The second-order valence-corrected chi connectivity index (χ2v) is 10.1. The molecule has 14 heteroatoms. The van der Waals surface area contributed by atoms with Crippen LogP contribution < -0.4 is 10.6 Å². The third-order valence-corrected chi connectivity index (χ3v) is 6.38. The molecule has 0 unspecified atom stereocenters. The molecule has 1 aliphatic rings. The van der Waals surface area contributed by atoms with Crippen molar-refractivity contribution in [2.45, 2.75) is 71.4 Å². The van der Waals surface area contributed by atoms with Gasteiger partial charge in [0.25, 0.3) is 5.89 Å². The van der Waals surface area contributed by atoms with Gasteiger partial charge in [0.15, 0.2) is 0 Å². The number of benzene rings is 1. The zero-order valence-electron chi connectivity index (χ0n) is 22.5. The monoisotopic (exact) mass is 567 g/mol. The van der Waals surface area contributed by atoms with Crippen molar-refractivity contribution in [3.8, 4) is 0 Å². The second-order valence-electron chi connectivity index (χ2n) is 10.1.